The van der Waals surface area contributed by atoms with Crippen molar-refractivity contribution in [1.29, 1.82) is 0 Å². The van der Waals surface area contributed by atoms with E-state index in [9.17, 15) is 14.7 Å². The summed E-state index contributed by atoms with van der Waals surface area (Å²) in [5.74, 6) is -0.0873. The molecule has 2 aromatic carbocycles. The van der Waals surface area contributed by atoms with Crippen molar-refractivity contribution in [3.8, 4) is 17.2 Å². The van der Waals surface area contributed by atoms with Gasteiger partial charge in [0.1, 0.15) is 11.5 Å². The number of ether oxygens (including phenoxy) is 3. The Morgan fingerprint density at radius 2 is 1.68 bits per heavy atom. The molecule has 0 radical (unpaired) electrons. The summed E-state index contributed by atoms with van der Waals surface area (Å²) in [4.78, 5) is 30.1. The Morgan fingerprint density at radius 3 is 2.29 bits per heavy atom. The van der Waals surface area contributed by atoms with Crippen LogP contribution >= 0.6 is 0 Å². The number of benzene rings is 2. The lowest BCUT2D eigenvalue weighted by molar-refractivity contribution is -0.140. The molecule has 0 saturated carbocycles. The molecule has 1 saturated heterocycles. The predicted molar refractivity (Wildman–Crippen MR) is 129 cm³/mol. The van der Waals surface area contributed by atoms with E-state index < -0.39 is 17.7 Å². The molecule has 8 heteroatoms. The van der Waals surface area contributed by atoms with Crippen LogP contribution in [0.5, 0.6) is 17.2 Å². The summed E-state index contributed by atoms with van der Waals surface area (Å²) in [6, 6.07) is 11.2. The first-order valence-corrected chi connectivity index (χ1v) is 11.3. The predicted octanol–water partition coefficient (Wildman–Crippen LogP) is 3.48. The van der Waals surface area contributed by atoms with Crippen LogP contribution in [-0.4, -0.2) is 74.1 Å². The number of hydrogen-bond donors (Lipinski definition) is 1. The molecule has 0 bridgehead atoms. The Bertz CT molecular complexity index is 1080. The Morgan fingerprint density at radius 1 is 0.971 bits per heavy atom. The van der Waals surface area contributed by atoms with Gasteiger partial charge in [-0.25, -0.2) is 0 Å². The van der Waals surface area contributed by atoms with E-state index in [1.165, 1.54) is 26.2 Å². The lowest BCUT2D eigenvalue weighted by Crippen LogP contribution is -2.38. The third kappa shape index (κ3) is 4.87. The molecule has 1 aliphatic heterocycles. The topological polar surface area (TPSA) is 88.5 Å². The number of ketones is 1. The number of amides is 1. The fourth-order valence-electron chi connectivity index (χ4n) is 4.19. The SMILES string of the molecule is CCN(CC)CCN1C(=O)C(=O)/C(=C(/O)c2cccc(OC)c2)C1c1ccc(OC)c(OC)c1. The average molecular weight is 469 g/mol. The monoisotopic (exact) mass is 468 g/mol. The van der Waals surface area contributed by atoms with Crippen molar-refractivity contribution in [2.24, 2.45) is 0 Å². The normalized spacial score (nSPS) is 17.4. The van der Waals surface area contributed by atoms with Gasteiger partial charge in [-0.3, -0.25) is 9.59 Å². The van der Waals surface area contributed by atoms with Crippen molar-refractivity contribution in [1.82, 2.24) is 9.80 Å². The van der Waals surface area contributed by atoms with E-state index >= 15 is 0 Å². The van der Waals surface area contributed by atoms with Gasteiger partial charge in [0.25, 0.3) is 11.7 Å². The highest BCUT2D eigenvalue weighted by Gasteiger charge is 2.46. The average Bonchev–Trinajstić information content (AvgIpc) is 3.13. The highest BCUT2D eigenvalue weighted by Crippen LogP contribution is 2.42. The number of Topliss-reactive ketones (excluding diaryl/α,β-unsaturated/α-hetero) is 1. The summed E-state index contributed by atoms with van der Waals surface area (Å²) < 4.78 is 16.1. The molecule has 1 amide bonds. The van der Waals surface area contributed by atoms with Crippen LogP contribution in [-0.2, 0) is 9.59 Å². The molecular weight excluding hydrogens is 436 g/mol. The lowest BCUT2D eigenvalue weighted by atomic mass is 9.95. The number of hydrogen-bond acceptors (Lipinski definition) is 7. The van der Waals surface area contributed by atoms with Crippen molar-refractivity contribution in [3.05, 3.63) is 59.2 Å². The maximum Gasteiger partial charge on any atom is 0.295 e. The van der Waals surface area contributed by atoms with Crippen LogP contribution in [0.1, 0.15) is 31.0 Å². The largest absolute Gasteiger partial charge is 0.507 e. The molecule has 8 nitrogen and oxygen atoms in total. The second-order valence-corrected chi connectivity index (χ2v) is 7.87. The first-order chi connectivity index (χ1) is 16.4. The maximum atomic E-state index is 13.2. The standard InChI is InChI=1S/C26H32N2O6/c1-6-27(7-2)13-14-28-23(17-11-12-20(33-4)21(16-17)34-5)22(25(30)26(28)31)24(29)18-9-8-10-19(15-18)32-3/h8-12,15-16,23,29H,6-7,13-14H2,1-5H3/b24-22+. The van der Waals surface area contributed by atoms with Gasteiger partial charge in [-0.1, -0.05) is 32.0 Å². The molecule has 0 spiro atoms. The Hall–Kier alpha value is -3.52. The van der Waals surface area contributed by atoms with E-state index in [0.29, 0.717) is 41.5 Å². The number of carbonyl (C=O) groups excluding carboxylic acids is 2. The number of aliphatic hydroxyl groups excluding tert-OH is 1. The van der Waals surface area contributed by atoms with Crippen molar-refractivity contribution >= 4 is 17.4 Å². The molecule has 1 heterocycles. The first-order valence-electron chi connectivity index (χ1n) is 11.3. The summed E-state index contributed by atoms with van der Waals surface area (Å²) in [7, 11) is 4.58. The number of rotatable bonds is 10. The van der Waals surface area contributed by atoms with E-state index in [2.05, 4.69) is 4.90 Å². The van der Waals surface area contributed by atoms with Gasteiger partial charge < -0.3 is 29.1 Å². The van der Waals surface area contributed by atoms with E-state index in [0.717, 1.165) is 13.1 Å². The van der Waals surface area contributed by atoms with E-state index in [1.807, 2.05) is 13.8 Å². The molecule has 2 aromatic rings. The highest BCUT2D eigenvalue weighted by atomic mass is 16.5. The molecule has 3 rings (SSSR count). The smallest absolute Gasteiger partial charge is 0.295 e. The van der Waals surface area contributed by atoms with E-state index in [-0.39, 0.29) is 11.3 Å². The molecule has 1 fully saturated rings. The van der Waals surface area contributed by atoms with E-state index in [1.54, 1.807) is 42.5 Å². The summed E-state index contributed by atoms with van der Waals surface area (Å²) in [6.07, 6.45) is 0. The van der Waals surface area contributed by atoms with Gasteiger partial charge in [0.2, 0.25) is 0 Å². The first kappa shape index (κ1) is 25.1. The van der Waals surface area contributed by atoms with Gasteiger partial charge in [0.05, 0.1) is 32.9 Å². The van der Waals surface area contributed by atoms with Crippen LogP contribution < -0.4 is 14.2 Å². The summed E-state index contributed by atoms with van der Waals surface area (Å²) in [6.45, 7) is 6.68. The number of aliphatic hydroxyl groups is 1. The molecular formula is C26H32N2O6. The zero-order valence-electron chi connectivity index (χ0n) is 20.3. The summed E-state index contributed by atoms with van der Waals surface area (Å²) in [5.41, 5.74) is 1.07. The fraction of sp³-hybridized carbons (Fsp3) is 0.385. The minimum absolute atomic E-state index is 0.0324. The van der Waals surface area contributed by atoms with Crippen LogP contribution in [0.15, 0.2) is 48.0 Å². The third-order valence-electron chi connectivity index (χ3n) is 6.16. The van der Waals surface area contributed by atoms with Gasteiger partial charge in [0, 0.05) is 18.7 Å². The van der Waals surface area contributed by atoms with Gasteiger partial charge in [0.15, 0.2) is 11.5 Å². The van der Waals surface area contributed by atoms with Gasteiger partial charge >= 0.3 is 0 Å². The molecule has 0 aliphatic carbocycles. The van der Waals surface area contributed by atoms with Gasteiger partial charge in [-0.05, 0) is 42.9 Å². The fourth-order valence-corrected chi connectivity index (χ4v) is 4.19. The molecule has 34 heavy (non-hydrogen) atoms. The van der Waals surface area contributed by atoms with Crippen LogP contribution in [0.4, 0.5) is 0 Å². The second-order valence-electron chi connectivity index (χ2n) is 7.87. The number of carbonyl (C=O) groups is 2. The molecule has 1 N–H and O–H groups in total. The van der Waals surface area contributed by atoms with Crippen molar-refractivity contribution < 1.29 is 28.9 Å². The minimum atomic E-state index is -0.776. The van der Waals surface area contributed by atoms with Crippen molar-refractivity contribution in [2.75, 3.05) is 47.5 Å². The van der Waals surface area contributed by atoms with Gasteiger partial charge in [-0.2, -0.15) is 0 Å². The molecule has 182 valence electrons. The lowest BCUT2D eigenvalue weighted by Gasteiger charge is -2.28. The molecule has 1 atom stereocenters. The van der Waals surface area contributed by atoms with Crippen molar-refractivity contribution in [2.45, 2.75) is 19.9 Å². The zero-order chi connectivity index (χ0) is 24.8. The summed E-state index contributed by atoms with van der Waals surface area (Å²) >= 11 is 0. The van der Waals surface area contributed by atoms with E-state index in [4.69, 9.17) is 14.2 Å². The minimum Gasteiger partial charge on any atom is -0.507 e. The third-order valence-corrected chi connectivity index (χ3v) is 6.16. The van der Waals surface area contributed by atoms with Crippen molar-refractivity contribution in [3.63, 3.8) is 0 Å². The number of methoxy groups -OCH3 is 3. The molecule has 1 unspecified atom stereocenters. The van der Waals surface area contributed by atoms with Gasteiger partial charge in [-0.15, -0.1) is 0 Å². The quantitative estimate of drug-likeness (QED) is 0.324. The molecule has 0 aromatic heterocycles. The number of likely N-dealkylation sites (N-methyl/N-ethyl adjacent to an activating group) is 1. The Labute approximate surface area is 200 Å². The van der Waals surface area contributed by atoms with Crippen LogP contribution in [0.3, 0.4) is 0 Å². The molecule has 1 aliphatic rings. The van der Waals surface area contributed by atoms with Crippen LogP contribution in [0, 0.1) is 0 Å². The van der Waals surface area contributed by atoms with Crippen LogP contribution in [0.2, 0.25) is 0 Å². The summed E-state index contributed by atoms with van der Waals surface area (Å²) in [5, 5.41) is 11.2. The highest BCUT2D eigenvalue weighted by molar-refractivity contribution is 6.46. The Kier molecular flexibility index (Phi) is 8.17. The maximum absolute atomic E-state index is 13.2. The van der Waals surface area contributed by atoms with Crippen LogP contribution in [0.25, 0.3) is 5.76 Å². The zero-order valence-corrected chi connectivity index (χ0v) is 20.3. The number of likely N-dealkylation sites (tertiary alicyclic amines) is 1. The second kappa shape index (κ2) is 11.1. The Balaban J connectivity index is 2.16. The number of nitrogens with zero attached hydrogens (tertiary/aromatic N) is 2.